The Morgan fingerprint density at radius 3 is 2.17 bits per heavy atom. The van der Waals surface area contributed by atoms with Crippen molar-refractivity contribution in [3.05, 3.63) is 0 Å². The zero-order valence-electron chi connectivity index (χ0n) is 15.8. The summed E-state index contributed by atoms with van der Waals surface area (Å²) < 4.78 is 5.17. The molecule has 0 bridgehead atoms. The van der Waals surface area contributed by atoms with Crippen LogP contribution in [-0.4, -0.2) is 37.4 Å². The Morgan fingerprint density at radius 1 is 1.25 bits per heavy atom. The summed E-state index contributed by atoms with van der Waals surface area (Å²) in [6.07, 6.45) is 7.64. The van der Waals surface area contributed by atoms with Gasteiger partial charge in [-0.3, -0.25) is 4.79 Å². The van der Waals surface area contributed by atoms with Crippen molar-refractivity contribution in [2.24, 2.45) is 0 Å². The van der Waals surface area contributed by atoms with Gasteiger partial charge in [-0.05, 0) is 24.3 Å². The number of aliphatic carboxylic acids is 1. The fraction of sp³-hybridized carbons (Fsp3) is 0.882. The van der Waals surface area contributed by atoms with Gasteiger partial charge in [0.25, 0.3) is 5.97 Å². The molecule has 0 aliphatic heterocycles. The van der Waals surface area contributed by atoms with Crippen LogP contribution < -0.4 is 5.32 Å². The van der Waals surface area contributed by atoms with Crippen LogP contribution >= 0.6 is 11.6 Å². The van der Waals surface area contributed by atoms with E-state index >= 15 is 0 Å². The maximum absolute atomic E-state index is 11.8. The van der Waals surface area contributed by atoms with Crippen LogP contribution in [-0.2, 0) is 9.53 Å². The Hall–Kier alpha value is -0.753. The zero-order chi connectivity index (χ0) is 18.8. The van der Waals surface area contributed by atoms with E-state index in [1.54, 1.807) is 0 Å². The highest BCUT2D eigenvalue weighted by molar-refractivity contribution is 6.79. The molecule has 0 aromatic rings. The molecule has 5 nitrogen and oxygen atoms in total. The molecule has 1 unspecified atom stereocenters. The number of rotatable bonds is 6. The summed E-state index contributed by atoms with van der Waals surface area (Å²) in [5.41, 5.74) is -0.505. The first kappa shape index (κ1) is 23.2. The van der Waals surface area contributed by atoms with Crippen LogP contribution in [0.15, 0.2) is 0 Å². The summed E-state index contributed by atoms with van der Waals surface area (Å²) in [6, 6.07) is 0. The lowest BCUT2D eigenvalue weighted by Gasteiger charge is -2.46. The zero-order valence-corrected chi connectivity index (χ0v) is 17.5. The second-order valence-corrected chi connectivity index (χ2v) is 13.6. The maximum Gasteiger partial charge on any atom is 0.408 e. The Balaban J connectivity index is 0.00000118. The minimum absolute atomic E-state index is 0.316. The Labute approximate surface area is 152 Å². The van der Waals surface area contributed by atoms with Crippen molar-refractivity contribution in [1.29, 1.82) is 0 Å². The molecule has 0 spiro atoms. The lowest BCUT2D eigenvalue weighted by molar-refractivity contribution is -0.134. The molecular formula is C17H34ClNO4Si. The lowest BCUT2D eigenvalue weighted by atomic mass is 9.88. The van der Waals surface area contributed by atoms with E-state index in [0.717, 1.165) is 19.9 Å². The van der Waals surface area contributed by atoms with E-state index in [9.17, 15) is 4.79 Å². The first-order valence-electron chi connectivity index (χ1n) is 8.82. The fourth-order valence-electron chi connectivity index (χ4n) is 3.11. The largest absolute Gasteiger partial charge is 0.481 e. The van der Waals surface area contributed by atoms with Crippen LogP contribution in [0.3, 0.4) is 0 Å². The van der Waals surface area contributed by atoms with Gasteiger partial charge in [0.1, 0.15) is 0 Å². The standard InChI is InChI=1S/C15H30ClNO2Si.C2H4O2/c1-5-9-13(16)19-14(18)17-12-15(20(2,3)4)10-7-6-8-11-15;1-2(3)4/h13H,5-12H2,1-4H3,(H,17,18);1H3,(H,3,4). The fourth-order valence-corrected chi connectivity index (χ4v) is 5.88. The van der Waals surface area contributed by atoms with E-state index in [-0.39, 0.29) is 6.09 Å². The van der Waals surface area contributed by atoms with Gasteiger partial charge in [-0.1, -0.05) is 63.8 Å². The Bertz CT molecular complexity index is 389. The van der Waals surface area contributed by atoms with Crippen molar-refractivity contribution in [3.8, 4) is 0 Å². The molecule has 0 aromatic carbocycles. The topological polar surface area (TPSA) is 75.6 Å². The Kier molecular flexibility index (Phi) is 10.6. The van der Waals surface area contributed by atoms with Gasteiger partial charge in [0, 0.05) is 13.5 Å². The SMILES string of the molecule is CC(=O)O.CCCC(Cl)OC(=O)NCC1([Si](C)(C)C)CCCCC1. The normalized spacial score (nSPS) is 17.9. The molecule has 1 atom stereocenters. The number of hydrogen-bond acceptors (Lipinski definition) is 3. The Morgan fingerprint density at radius 2 is 1.75 bits per heavy atom. The van der Waals surface area contributed by atoms with Gasteiger partial charge in [-0.15, -0.1) is 0 Å². The molecule has 7 heteroatoms. The van der Waals surface area contributed by atoms with Crippen molar-refractivity contribution in [1.82, 2.24) is 5.32 Å². The van der Waals surface area contributed by atoms with E-state index in [2.05, 4.69) is 25.0 Å². The molecule has 1 saturated carbocycles. The number of alkyl halides is 1. The molecular weight excluding hydrogens is 346 g/mol. The highest BCUT2D eigenvalue weighted by Gasteiger charge is 2.43. The number of hydrogen-bond donors (Lipinski definition) is 2. The number of carboxylic acids is 1. The van der Waals surface area contributed by atoms with Crippen molar-refractivity contribution < 1.29 is 19.4 Å². The summed E-state index contributed by atoms with van der Waals surface area (Å²) >= 11 is 5.95. The number of carbonyl (C=O) groups is 2. The molecule has 2 N–H and O–H groups in total. The van der Waals surface area contributed by atoms with Gasteiger partial charge in [0.05, 0.1) is 8.07 Å². The number of carbonyl (C=O) groups excluding carboxylic acids is 1. The summed E-state index contributed by atoms with van der Waals surface area (Å²) in [5, 5.41) is 10.7. The average molecular weight is 380 g/mol. The van der Waals surface area contributed by atoms with E-state index in [1.807, 2.05) is 6.92 Å². The van der Waals surface area contributed by atoms with E-state index in [4.69, 9.17) is 26.2 Å². The molecule has 24 heavy (non-hydrogen) atoms. The van der Waals surface area contributed by atoms with Crippen molar-refractivity contribution in [2.45, 2.75) is 89.0 Å². The van der Waals surface area contributed by atoms with Crippen molar-refractivity contribution in [3.63, 3.8) is 0 Å². The third kappa shape index (κ3) is 8.92. The van der Waals surface area contributed by atoms with E-state index < -0.39 is 19.6 Å². The molecule has 0 aromatic heterocycles. The van der Waals surface area contributed by atoms with Gasteiger partial charge in [0.2, 0.25) is 0 Å². The summed E-state index contributed by atoms with van der Waals surface area (Å²) in [7, 11) is -1.33. The predicted molar refractivity (Wildman–Crippen MR) is 101 cm³/mol. The third-order valence-corrected chi connectivity index (χ3v) is 8.89. The summed E-state index contributed by atoms with van der Waals surface area (Å²) in [4.78, 5) is 20.8. The highest BCUT2D eigenvalue weighted by atomic mass is 35.5. The van der Waals surface area contributed by atoms with Gasteiger partial charge in [-0.2, -0.15) is 0 Å². The minimum Gasteiger partial charge on any atom is -0.481 e. The van der Waals surface area contributed by atoms with Gasteiger partial charge < -0.3 is 15.2 Å². The summed E-state index contributed by atoms with van der Waals surface area (Å²) in [6.45, 7) is 11.1. The number of amides is 1. The number of halogens is 1. The highest BCUT2D eigenvalue weighted by Crippen LogP contribution is 2.49. The molecule has 1 aliphatic rings. The van der Waals surface area contributed by atoms with Crippen LogP contribution in [0, 0.1) is 0 Å². The van der Waals surface area contributed by atoms with Crippen LogP contribution in [0.2, 0.25) is 24.7 Å². The molecule has 0 heterocycles. The van der Waals surface area contributed by atoms with Crippen LogP contribution in [0.25, 0.3) is 0 Å². The van der Waals surface area contributed by atoms with Gasteiger partial charge >= 0.3 is 6.09 Å². The lowest BCUT2D eigenvalue weighted by Crippen LogP contribution is -2.48. The van der Waals surface area contributed by atoms with E-state index in [1.165, 1.54) is 32.1 Å². The molecule has 1 rings (SSSR count). The average Bonchev–Trinajstić information content (AvgIpc) is 2.44. The van der Waals surface area contributed by atoms with E-state index in [0.29, 0.717) is 11.5 Å². The van der Waals surface area contributed by atoms with Crippen molar-refractivity contribution >= 4 is 31.7 Å². The number of carboxylic acid groups (broad SMARTS) is 1. The maximum atomic E-state index is 11.8. The number of ether oxygens (including phenoxy) is 1. The molecule has 1 amide bonds. The smallest absolute Gasteiger partial charge is 0.408 e. The number of nitrogens with one attached hydrogen (secondary N) is 1. The first-order chi connectivity index (χ1) is 11.0. The van der Waals surface area contributed by atoms with Crippen LogP contribution in [0.4, 0.5) is 4.79 Å². The molecule has 142 valence electrons. The second-order valence-electron chi connectivity index (χ2n) is 7.57. The second kappa shape index (κ2) is 11.0. The third-order valence-electron chi connectivity index (χ3n) is 4.72. The molecule has 0 saturated heterocycles. The van der Waals surface area contributed by atoms with Gasteiger partial charge in [0.15, 0.2) is 5.56 Å². The first-order valence-corrected chi connectivity index (χ1v) is 12.8. The van der Waals surface area contributed by atoms with Gasteiger partial charge in [-0.25, -0.2) is 4.79 Å². The predicted octanol–water partition coefficient (Wildman–Crippen LogP) is 5.21. The van der Waals surface area contributed by atoms with Crippen LogP contribution in [0.5, 0.6) is 0 Å². The van der Waals surface area contributed by atoms with Crippen LogP contribution in [0.1, 0.15) is 58.8 Å². The minimum atomic E-state index is -1.33. The quantitative estimate of drug-likeness (QED) is 0.490. The summed E-state index contributed by atoms with van der Waals surface area (Å²) in [5.74, 6) is -0.833. The number of alkyl carbamates (subject to hydrolysis) is 1. The monoisotopic (exact) mass is 379 g/mol. The molecule has 1 fully saturated rings. The molecule has 1 aliphatic carbocycles. The van der Waals surface area contributed by atoms with Crippen molar-refractivity contribution in [2.75, 3.05) is 6.54 Å². The molecule has 0 radical (unpaired) electrons.